The summed E-state index contributed by atoms with van der Waals surface area (Å²) in [6.45, 7) is -0.349. The Balaban J connectivity index is 2.37. The largest absolute Gasteiger partial charge is 0.465 e. The van der Waals surface area contributed by atoms with Gasteiger partial charge in [0.15, 0.2) is 0 Å². The number of hydrogen-bond donors (Lipinski definition) is 2. The molecule has 1 atom stereocenters. The lowest BCUT2D eigenvalue weighted by Crippen LogP contribution is -2.02. The molecule has 108 valence electrons. The number of rotatable bonds is 3. The first kappa shape index (κ1) is 13.6. The highest BCUT2D eigenvalue weighted by Gasteiger charge is 2.19. The first-order valence-electron chi connectivity index (χ1n) is 6.57. The third-order valence-corrected chi connectivity index (χ3v) is 3.61. The molecule has 5 nitrogen and oxygen atoms in total. The Hall–Kier alpha value is -2.37. The second-order valence-corrected chi connectivity index (χ2v) is 4.80. The van der Waals surface area contributed by atoms with Crippen LogP contribution < -0.4 is 0 Å². The van der Waals surface area contributed by atoms with Gasteiger partial charge >= 0.3 is 5.97 Å². The monoisotopic (exact) mass is 285 g/mol. The number of carbonyl (C=O) groups is 1. The number of aliphatic hydroxyl groups is 2. The van der Waals surface area contributed by atoms with Crippen LogP contribution in [0.4, 0.5) is 0 Å². The van der Waals surface area contributed by atoms with Gasteiger partial charge in [-0.1, -0.05) is 18.2 Å². The highest BCUT2D eigenvalue weighted by molar-refractivity contribution is 6.11. The third-order valence-electron chi connectivity index (χ3n) is 3.61. The van der Waals surface area contributed by atoms with E-state index in [1.165, 1.54) is 7.11 Å². The van der Waals surface area contributed by atoms with Crippen molar-refractivity contribution in [2.45, 2.75) is 6.10 Å². The van der Waals surface area contributed by atoms with E-state index in [0.29, 0.717) is 11.1 Å². The zero-order valence-corrected chi connectivity index (χ0v) is 11.5. The van der Waals surface area contributed by atoms with Gasteiger partial charge in [0.05, 0.1) is 30.3 Å². The zero-order chi connectivity index (χ0) is 15.0. The number of hydrogen-bond acceptors (Lipinski definition) is 4. The summed E-state index contributed by atoms with van der Waals surface area (Å²) in [6.07, 6.45) is 0.907. The van der Waals surface area contributed by atoms with Crippen molar-refractivity contribution < 1.29 is 19.7 Å². The maximum absolute atomic E-state index is 12.1. The van der Waals surface area contributed by atoms with Gasteiger partial charge in [-0.15, -0.1) is 0 Å². The average Bonchev–Trinajstić information content (AvgIpc) is 2.87. The Kier molecular flexibility index (Phi) is 3.37. The molecule has 5 heteroatoms. The van der Waals surface area contributed by atoms with Crippen molar-refractivity contribution in [2.24, 2.45) is 0 Å². The van der Waals surface area contributed by atoms with Crippen LogP contribution in [0.5, 0.6) is 0 Å². The van der Waals surface area contributed by atoms with Crippen LogP contribution in [-0.2, 0) is 4.74 Å². The van der Waals surface area contributed by atoms with E-state index >= 15 is 0 Å². The average molecular weight is 285 g/mol. The minimum Gasteiger partial charge on any atom is -0.465 e. The molecule has 0 fully saturated rings. The molecule has 1 unspecified atom stereocenters. The number of esters is 1. The molecule has 1 aromatic carbocycles. The van der Waals surface area contributed by atoms with E-state index in [9.17, 15) is 9.90 Å². The van der Waals surface area contributed by atoms with Crippen LogP contribution >= 0.6 is 0 Å². The van der Waals surface area contributed by atoms with Gasteiger partial charge in [-0.05, 0) is 23.8 Å². The van der Waals surface area contributed by atoms with E-state index in [2.05, 4.69) is 0 Å². The van der Waals surface area contributed by atoms with Crippen molar-refractivity contribution in [3.05, 3.63) is 53.7 Å². The lowest BCUT2D eigenvalue weighted by Gasteiger charge is -2.07. The van der Waals surface area contributed by atoms with Crippen molar-refractivity contribution in [2.75, 3.05) is 13.7 Å². The van der Waals surface area contributed by atoms with Crippen LogP contribution in [0.3, 0.4) is 0 Å². The summed E-state index contributed by atoms with van der Waals surface area (Å²) in [5.41, 5.74) is 2.63. The highest BCUT2D eigenvalue weighted by Crippen LogP contribution is 2.29. The minimum atomic E-state index is -0.940. The minimum absolute atomic E-state index is 0.349. The van der Waals surface area contributed by atoms with Gasteiger partial charge < -0.3 is 19.4 Å². The number of methoxy groups -OCH3 is 1. The van der Waals surface area contributed by atoms with Gasteiger partial charge in [-0.3, -0.25) is 0 Å². The molecule has 2 N–H and O–H groups in total. The second-order valence-electron chi connectivity index (χ2n) is 4.80. The van der Waals surface area contributed by atoms with Gasteiger partial charge in [0, 0.05) is 11.6 Å². The molecule has 3 rings (SSSR count). The molecule has 3 aromatic rings. The Morgan fingerprint density at radius 1 is 1.29 bits per heavy atom. The molecule has 0 spiro atoms. The standard InChI is InChI=1S/C16H15NO4/c1-21-16(20)15-11-6-5-10(14(19)9-18)8-13(11)17-7-3-2-4-12(15)17/h2-8,14,18-19H,9H2,1H3. The van der Waals surface area contributed by atoms with Gasteiger partial charge in [0.2, 0.25) is 0 Å². The summed E-state index contributed by atoms with van der Waals surface area (Å²) in [7, 11) is 1.35. The van der Waals surface area contributed by atoms with Crippen LogP contribution in [0.1, 0.15) is 22.0 Å². The molecular weight excluding hydrogens is 270 g/mol. The molecular formula is C16H15NO4. The molecule has 0 radical (unpaired) electrons. The van der Waals surface area contributed by atoms with Gasteiger partial charge in [0.1, 0.15) is 6.10 Å². The predicted molar refractivity (Wildman–Crippen MR) is 78.3 cm³/mol. The van der Waals surface area contributed by atoms with E-state index in [0.717, 1.165) is 16.4 Å². The smallest absolute Gasteiger partial charge is 0.340 e. The summed E-state index contributed by atoms with van der Waals surface area (Å²) < 4.78 is 6.74. The summed E-state index contributed by atoms with van der Waals surface area (Å²) in [4.78, 5) is 12.1. The van der Waals surface area contributed by atoms with E-state index in [4.69, 9.17) is 9.84 Å². The lowest BCUT2D eigenvalue weighted by atomic mass is 10.1. The number of pyridine rings is 1. The molecule has 0 saturated carbocycles. The first-order chi connectivity index (χ1) is 10.2. The SMILES string of the molecule is COC(=O)c1c2ccc(C(O)CO)cc2n2ccccc12. The van der Waals surface area contributed by atoms with Crippen molar-refractivity contribution in [1.82, 2.24) is 4.40 Å². The number of fused-ring (bicyclic) bond motifs is 3. The number of ether oxygens (including phenoxy) is 1. The van der Waals surface area contributed by atoms with Crippen molar-refractivity contribution in [1.29, 1.82) is 0 Å². The molecule has 0 aliphatic carbocycles. The molecule has 0 aliphatic heterocycles. The molecule has 0 aliphatic rings. The number of nitrogens with zero attached hydrogens (tertiary/aromatic N) is 1. The van der Waals surface area contributed by atoms with Gasteiger partial charge in [0.25, 0.3) is 0 Å². The topological polar surface area (TPSA) is 71.2 Å². The number of benzene rings is 1. The Bertz CT molecular complexity index is 822. The van der Waals surface area contributed by atoms with Crippen LogP contribution in [0.15, 0.2) is 42.6 Å². The third kappa shape index (κ3) is 2.07. The highest BCUT2D eigenvalue weighted by atomic mass is 16.5. The molecule has 2 aromatic heterocycles. The number of aliphatic hydroxyl groups excluding tert-OH is 2. The Morgan fingerprint density at radius 3 is 2.81 bits per heavy atom. The van der Waals surface area contributed by atoms with Crippen molar-refractivity contribution in [3.63, 3.8) is 0 Å². The quantitative estimate of drug-likeness (QED) is 0.721. The van der Waals surface area contributed by atoms with Crippen LogP contribution in [-0.4, -0.2) is 34.3 Å². The van der Waals surface area contributed by atoms with Crippen molar-refractivity contribution in [3.8, 4) is 0 Å². The summed E-state index contributed by atoms with van der Waals surface area (Å²) in [6, 6.07) is 10.8. The molecule has 0 saturated heterocycles. The number of aromatic nitrogens is 1. The fourth-order valence-corrected chi connectivity index (χ4v) is 2.58. The fourth-order valence-electron chi connectivity index (χ4n) is 2.58. The Morgan fingerprint density at radius 2 is 2.10 bits per heavy atom. The fraction of sp³-hybridized carbons (Fsp3) is 0.188. The van der Waals surface area contributed by atoms with E-state index in [1.54, 1.807) is 18.2 Å². The predicted octanol–water partition coefficient (Wildman–Crippen LogP) is 1.90. The van der Waals surface area contributed by atoms with E-state index < -0.39 is 12.1 Å². The van der Waals surface area contributed by atoms with E-state index in [-0.39, 0.29) is 6.61 Å². The van der Waals surface area contributed by atoms with Gasteiger partial charge in [-0.25, -0.2) is 4.79 Å². The summed E-state index contributed by atoms with van der Waals surface area (Å²) >= 11 is 0. The Labute approximate surface area is 121 Å². The maximum atomic E-state index is 12.1. The number of carbonyl (C=O) groups excluding carboxylic acids is 1. The summed E-state index contributed by atoms with van der Waals surface area (Å²) in [5, 5.41) is 19.6. The molecule has 21 heavy (non-hydrogen) atoms. The maximum Gasteiger partial charge on any atom is 0.340 e. The lowest BCUT2D eigenvalue weighted by molar-refractivity contribution is 0.0605. The summed E-state index contributed by atoms with van der Waals surface area (Å²) in [5.74, 6) is -0.399. The van der Waals surface area contributed by atoms with E-state index in [1.807, 2.05) is 28.8 Å². The zero-order valence-electron chi connectivity index (χ0n) is 11.5. The second kappa shape index (κ2) is 5.20. The van der Waals surface area contributed by atoms with Crippen molar-refractivity contribution >= 4 is 22.4 Å². The normalized spacial score (nSPS) is 12.7. The van der Waals surface area contributed by atoms with Crippen LogP contribution in [0, 0.1) is 0 Å². The molecule has 0 bridgehead atoms. The van der Waals surface area contributed by atoms with Crippen LogP contribution in [0.25, 0.3) is 16.4 Å². The van der Waals surface area contributed by atoms with Gasteiger partial charge in [-0.2, -0.15) is 0 Å². The molecule has 0 amide bonds. The molecule has 2 heterocycles. The first-order valence-corrected chi connectivity index (χ1v) is 6.57. The van der Waals surface area contributed by atoms with Crippen LogP contribution in [0.2, 0.25) is 0 Å².